The standard InChI is InChI=1S/C4H10INO2S/c1-9(7,8)6-4-2-3-5/h6H,2-4H2,1H3. The third-order valence-electron chi connectivity index (χ3n) is 0.675. The molecule has 0 saturated heterocycles. The summed E-state index contributed by atoms with van der Waals surface area (Å²) in [6.45, 7) is 0.557. The lowest BCUT2D eigenvalue weighted by atomic mass is 10.5. The van der Waals surface area contributed by atoms with Gasteiger partial charge in [-0.3, -0.25) is 0 Å². The fraction of sp³-hybridized carbons (Fsp3) is 1.00. The van der Waals surface area contributed by atoms with Crippen molar-refractivity contribution in [1.29, 1.82) is 0 Å². The molecule has 0 atom stereocenters. The highest BCUT2D eigenvalue weighted by Crippen LogP contribution is 1.86. The van der Waals surface area contributed by atoms with Gasteiger partial charge in [-0.25, -0.2) is 13.1 Å². The minimum Gasteiger partial charge on any atom is -0.215 e. The summed E-state index contributed by atoms with van der Waals surface area (Å²) in [5.41, 5.74) is 0. The Morgan fingerprint density at radius 1 is 1.56 bits per heavy atom. The average molecular weight is 263 g/mol. The van der Waals surface area contributed by atoms with Crippen LogP contribution in [0.2, 0.25) is 0 Å². The second-order valence-corrected chi connectivity index (χ2v) is 4.62. The molecule has 0 aromatic carbocycles. The molecule has 5 heteroatoms. The topological polar surface area (TPSA) is 46.2 Å². The summed E-state index contributed by atoms with van der Waals surface area (Å²) in [6.07, 6.45) is 2.06. The van der Waals surface area contributed by atoms with Gasteiger partial charge in [-0.2, -0.15) is 0 Å². The largest absolute Gasteiger partial charge is 0.215 e. The van der Waals surface area contributed by atoms with E-state index in [2.05, 4.69) is 27.3 Å². The molecule has 56 valence electrons. The number of halogens is 1. The van der Waals surface area contributed by atoms with E-state index < -0.39 is 10.0 Å². The zero-order chi connectivity index (χ0) is 7.33. The summed E-state index contributed by atoms with van der Waals surface area (Å²) in [7, 11) is -2.95. The number of hydrogen-bond donors (Lipinski definition) is 1. The molecule has 0 aromatic rings. The lowest BCUT2D eigenvalue weighted by molar-refractivity contribution is 0.587. The van der Waals surface area contributed by atoms with Crippen LogP contribution >= 0.6 is 22.6 Å². The second-order valence-electron chi connectivity index (χ2n) is 1.71. The summed E-state index contributed by atoms with van der Waals surface area (Å²) in [5.74, 6) is 0. The van der Waals surface area contributed by atoms with Crippen LogP contribution in [0.25, 0.3) is 0 Å². The zero-order valence-corrected chi connectivity index (χ0v) is 8.20. The number of rotatable bonds is 4. The van der Waals surface area contributed by atoms with Gasteiger partial charge in [-0.15, -0.1) is 0 Å². The first-order chi connectivity index (χ1) is 4.06. The van der Waals surface area contributed by atoms with Crippen molar-refractivity contribution in [3.05, 3.63) is 0 Å². The highest BCUT2D eigenvalue weighted by Gasteiger charge is 1.96. The summed E-state index contributed by atoms with van der Waals surface area (Å²) < 4.78 is 24.2. The highest BCUT2D eigenvalue weighted by atomic mass is 127. The molecule has 0 aliphatic carbocycles. The fourth-order valence-corrected chi connectivity index (χ4v) is 1.22. The van der Waals surface area contributed by atoms with Crippen LogP contribution in [0.4, 0.5) is 0 Å². The summed E-state index contributed by atoms with van der Waals surface area (Å²) >= 11 is 2.20. The van der Waals surface area contributed by atoms with E-state index in [1.165, 1.54) is 6.26 Å². The van der Waals surface area contributed by atoms with Crippen LogP contribution in [-0.2, 0) is 10.0 Å². The van der Waals surface area contributed by atoms with Gasteiger partial charge in [-0.05, 0) is 6.42 Å². The van der Waals surface area contributed by atoms with Gasteiger partial charge in [0.25, 0.3) is 0 Å². The van der Waals surface area contributed by atoms with Gasteiger partial charge in [-0.1, -0.05) is 22.6 Å². The van der Waals surface area contributed by atoms with Gasteiger partial charge >= 0.3 is 0 Å². The van der Waals surface area contributed by atoms with Crippen molar-refractivity contribution in [2.45, 2.75) is 6.42 Å². The van der Waals surface area contributed by atoms with E-state index in [9.17, 15) is 8.42 Å². The molecule has 0 amide bonds. The van der Waals surface area contributed by atoms with Gasteiger partial charge in [0.1, 0.15) is 0 Å². The minimum atomic E-state index is -2.95. The first-order valence-corrected chi connectivity index (χ1v) is 5.98. The third kappa shape index (κ3) is 8.64. The van der Waals surface area contributed by atoms with Crippen LogP contribution in [0, 0.1) is 0 Å². The molecule has 0 spiro atoms. The fourth-order valence-electron chi connectivity index (χ4n) is 0.324. The number of nitrogens with one attached hydrogen (secondary N) is 1. The van der Waals surface area contributed by atoms with Crippen LogP contribution in [0.3, 0.4) is 0 Å². The maximum absolute atomic E-state index is 10.4. The minimum absolute atomic E-state index is 0.557. The third-order valence-corrected chi connectivity index (χ3v) is 2.17. The van der Waals surface area contributed by atoms with Crippen molar-refractivity contribution in [3.8, 4) is 0 Å². The summed E-state index contributed by atoms with van der Waals surface area (Å²) in [4.78, 5) is 0. The van der Waals surface area contributed by atoms with E-state index in [-0.39, 0.29) is 0 Å². The Morgan fingerprint density at radius 2 is 2.11 bits per heavy atom. The maximum atomic E-state index is 10.4. The van der Waals surface area contributed by atoms with Crippen LogP contribution in [-0.4, -0.2) is 25.6 Å². The van der Waals surface area contributed by atoms with Crippen molar-refractivity contribution in [2.75, 3.05) is 17.2 Å². The molecule has 1 N–H and O–H groups in total. The van der Waals surface area contributed by atoms with Gasteiger partial charge in [0, 0.05) is 11.0 Å². The van der Waals surface area contributed by atoms with Gasteiger partial charge < -0.3 is 0 Å². The molecule has 0 radical (unpaired) electrons. The molecular formula is C4H10INO2S. The van der Waals surface area contributed by atoms with Crippen molar-refractivity contribution in [3.63, 3.8) is 0 Å². The molecule has 0 bridgehead atoms. The SMILES string of the molecule is CS(=O)(=O)NCCCI. The van der Waals surface area contributed by atoms with E-state index in [0.29, 0.717) is 6.54 Å². The van der Waals surface area contributed by atoms with E-state index in [1.54, 1.807) is 0 Å². The normalized spacial score (nSPS) is 11.8. The molecule has 0 saturated carbocycles. The van der Waals surface area contributed by atoms with E-state index >= 15 is 0 Å². The first-order valence-electron chi connectivity index (χ1n) is 2.57. The smallest absolute Gasteiger partial charge is 0.208 e. The summed E-state index contributed by atoms with van der Waals surface area (Å²) in [6, 6.07) is 0. The van der Waals surface area contributed by atoms with Crippen molar-refractivity contribution in [1.82, 2.24) is 4.72 Å². The lowest BCUT2D eigenvalue weighted by Crippen LogP contribution is -2.23. The number of alkyl halides is 1. The maximum Gasteiger partial charge on any atom is 0.208 e. The quantitative estimate of drug-likeness (QED) is 0.452. The molecule has 0 aromatic heterocycles. The van der Waals surface area contributed by atoms with Crippen LogP contribution < -0.4 is 4.72 Å². The van der Waals surface area contributed by atoms with Crippen molar-refractivity contribution < 1.29 is 8.42 Å². The number of hydrogen-bond acceptors (Lipinski definition) is 2. The molecule has 0 heterocycles. The average Bonchev–Trinajstić information content (AvgIpc) is 1.63. The Labute approximate surface area is 69.4 Å². The monoisotopic (exact) mass is 263 g/mol. The Bertz CT molecular complexity index is 154. The molecule has 0 aliphatic rings. The van der Waals surface area contributed by atoms with Crippen LogP contribution in [0.1, 0.15) is 6.42 Å². The predicted molar refractivity (Wildman–Crippen MR) is 46.4 cm³/mol. The van der Waals surface area contributed by atoms with Gasteiger partial charge in [0.2, 0.25) is 10.0 Å². The van der Waals surface area contributed by atoms with Crippen LogP contribution in [0.5, 0.6) is 0 Å². The Hall–Kier alpha value is 0.640. The van der Waals surface area contributed by atoms with Gasteiger partial charge in [0.05, 0.1) is 6.26 Å². The predicted octanol–water partition coefficient (Wildman–Crippen LogP) is 0.361. The summed E-state index contributed by atoms with van der Waals surface area (Å²) in [5, 5.41) is 0. The first kappa shape index (κ1) is 9.64. The van der Waals surface area contributed by atoms with E-state index in [4.69, 9.17) is 0 Å². The molecule has 0 rings (SSSR count). The number of sulfonamides is 1. The zero-order valence-electron chi connectivity index (χ0n) is 5.22. The molecule has 3 nitrogen and oxygen atoms in total. The molecule has 9 heavy (non-hydrogen) atoms. The second kappa shape index (κ2) is 4.45. The molecule has 0 fully saturated rings. The van der Waals surface area contributed by atoms with E-state index in [1.807, 2.05) is 0 Å². The van der Waals surface area contributed by atoms with Crippen molar-refractivity contribution >= 4 is 32.6 Å². The Morgan fingerprint density at radius 3 is 2.44 bits per heavy atom. The molecular weight excluding hydrogens is 253 g/mol. The van der Waals surface area contributed by atoms with E-state index in [0.717, 1.165) is 10.8 Å². The molecule has 0 unspecified atom stereocenters. The van der Waals surface area contributed by atoms with Crippen LogP contribution in [0.15, 0.2) is 0 Å². The Balaban J connectivity index is 3.30. The molecule has 0 aliphatic heterocycles. The van der Waals surface area contributed by atoms with Crippen molar-refractivity contribution in [2.24, 2.45) is 0 Å². The van der Waals surface area contributed by atoms with Gasteiger partial charge in [0.15, 0.2) is 0 Å². The Kier molecular flexibility index (Phi) is 4.77. The lowest BCUT2D eigenvalue weighted by Gasteiger charge is -1.97. The highest BCUT2D eigenvalue weighted by molar-refractivity contribution is 14.1.